The van der Waals surface area contributed by atoms with Crippen LogP contribution < -0.4 is 5.32 Å². The van der Waals surface area contributed by atoms with E-state index in [2.05, 4.69) is 22.2 Å². The lowest BCUT2D eigenvalue weighted by molar-refractivity contribution is 0.282. The summed E-state index contributed by atoms with van der Waals surface area (Å²) in [5, 5.41) is 3.58. The Morgan fingerprint density at radius 3 is 2.75 bits per heavy atom. The van der Waals surface area contributed by atoms with Crippen LogP contribution in [0.4, 0.5) is 5.82 Å². The molecule has 0 saturated heterocycles. The highest BCUT2D eigenvalue weighted by atomic mass is 15.0. The van der Waals surface area contributed by atoms with Gasteiger partial charge in [-0.05, 0) is 43.9 Å². The van der Waals surface area contributed by atoms with Crippen molar-refractivity contribution in [2.24, 2.45) is 11.8 Å². The van der Waals surface area contributed by atoms with E-state index >= 15 is 0 Å². The molecule has 0 amide bonds. The molecule has 3 rings (SSSR count). The number of aromatic nitrogens is 2. The summed E-state index contributed by atoms with van der Waals surface area (Å²) in [6.45, 7) is 3.46. The first-order valence-corrected chi connectivity index (χ1v) is 8.39. The smallest absolute Gasteiger partial charge is 0.132 e. The molecule has 0 bridgehead atoms. The van der Waals surface area contributed by atoms with Crippen LogP contribution in [-0.4, -0.2) is 16.5 Å². The zero-order chi connectivity index (χ0) is 13.8. The second-order valence-electron chi connectivity index (χ2n) is 6.70. The Morgan fingerprint density at radius 2 is 1.90 bits per heavy atom. The zero-order valence-electron chi connectivity index (χ0n) is 12.7. The van der Waals surface area contributed by atoms with Gasteiger partial charge in [-0.2, -0.15) is 0 Å². The van der Waals surface area contributed by atoms with Gasteiger partial charge in [0.2, 0.25) is 0 Å². The van der Waals surface area contributed by atoms with E-state index in [0.717, 1.165) is 37.0 Å². The number of hydrogen-bond donors (Lipinski definition) is 1. The van der Waals surface area contributed by atoms with Crippen molar-refractivity contribution in [1.29, 1.82) is 0 Å². The van der Waals surface area contributed by atoms with Crippen LogP contribution in [-0.2, 0) is 12.8 Å². The maximum absolute atomic E-state index is 4.46. The summed E-state index contributed by atoms with van der Waals surface area (Å²) in [7, 11) is 0. The second-order valence-corrected chi connectivity index (χ2v) is 6.70. The summed E-state index contributed by atoms with van der Waals surface area (Å²) < 4.78 is 0. The van der Waals surface area contributed by atoms with Gasteiger partial charge in [-0.25, -0.2) is 9.97 Å². The van der Waals surface area contributed by atoms with Gasteiger partial charge in [0.25, 0.3) is 0 Å². The largest absolute Gasteiger partial charge is 0.370 e. The van der Waals surface area contributed by atoms with Crippen molar-refractivity contribution in [1.82, 2.24) is 9.97 Å². The third-order valence-corrected chi connectivity index (χ3v) is 5.11. The Bertz CT molecular complexity index is 436. The number of nitrogens with zero attached hydrogens (tertiary/aromatic N) is 2. The van der Waals surface area contributed by atoms with E-state index in [4.69, 9.17) is 0 Å². The fourth-order valence-corrected chi connectivity index (χ4v) is 3.69. The molecule has 2 aliphatic carbocycles. The maximum Gasteiger partial charge on any atom is 0.132 e. The molecule has 1 heterocycles. The Hall–Kier alpha value is -1.12. The van der Waals surface area contributed by atoms with Gasteiger partial charge in [0.1, 0.15) is 12.1 Å². The molecule has 3 nitrogen and oxygen atoms in total. The molecule has 1 N–H and O–H groups in total. The summed E-state index contributed by atoms with van der Waals surface area (Å²) in [6, 6.07) is 0. The van der Waals surface area contributed by atoms with Crippen molar-refractivity contribution in [3.05, 3.63) is 17.6 Å². The van der Waals surface area contributed by atoms with Crippen LogP contribution in [0.5, 0.6) is 0 Å². The first-order chi connectivity index (χ1) is 9.83. The normalized spacial score (nSPS) is 26.1. The van der Waals surface area contributed by atoms with Crippen molar-refractivity contribution in [2.45, 2.75) is 64.7 Å². The van der Waals surface area contributed by atoms with Crippen LogP contribution >= 0.6 is 0 Å². The monoisotopic (exact) mass is 273 g/mol. The molecular weight excluding hydrogens is 246 g/mol. The summed E-state index contributed by atoms with van der Waals surface area (Å²) in [5.41, 5.74) is 2.66. The number of fused-ring (bicyclic) bond motifs is 1. The Labute approximate surface area is 122 Å². The average molecular weight is 273 g/mol. The van der Waals surface area contributed by atoms with E-state index in [1.54, 1.807) is 6.33 Å². The lowest BCUT2D eigenvalue weighted by Crippen LogP contribution is -2.17. The number of aryl methyl sites for hydroxylation is 1. The van der Waals surface area contributed by atoms with Crippen LogP contribution in [0.2, 0.25) is 0 Å². The summed E-state index contributed by atoms with van der Waals surface area (Å²) in [6.07, 6.45) is 13.6. The van der Waals surface area contributed by atoms with E-state index in [1.165, 1.54) is 56.2 Å². The standard InChI is InChI=1S/C17H27N3/c1-13-6-8-14(9-7-13)10-11-18-17-15-4-2-3-5-16(15)19-12-20-17/h12-14H,2-11H2,1H3,(H,18,19,20). The van der Waals surface area contributed by atoms with E-state index < -0.39 is 0 Å². The SMILES string of the molecule is CC1CCC(CCNc2ncnc3c2CCCC3)CC1. The van der Waals surface area contributed by atoms with E-state index in [9.17, 15) is 0 Å². The van der Waals surface area contributed by atoms with Crippen LogP contribution in [0, 0.1) is 11.8 Å². The first-order valence-electron chi connectivity index (χ1n) is 8.39. The van der Waals surface area contributed by atoms with Crippen molar-refractivity contribution in [3.8, 4) is 0 Å². The number of rotatable bonds is 4. The lowest BCUT2D eigenvalue weighted by atomic mass is 9.81. The third kappa shape index (κ3) is 3.31. The predicted molar refractivity (Wildman–Crippen MR) is 82.9 cm³/mol. The van der Waals surface area contributed by atoms with Crippen molar-refractivity contribution < 1.29 is 0 Å². The maximum atomic E-state index is 4.46. The van der Waals surface area contributed by atoms with Crippen LogP contribution in [0.25, 0.3) is 0 Å². The predicted octanol–water partition coefficient (Wildman–Crippen LogP) is 3.98. The molecule has 110 valence electrons. The van der Waals surface area contributed by atoms with Gasteiger partial charge in [0, 0.05) is 17.8 Å². The molecule has 0 atom stereocenters. The molecule has 0 aliphatic heterocycles. The van der Waals surface area contributed by atoms with E-state index in [-0.39, 0.29) is 0 Å². The van der Waals surface area contributed by atoms with Crippen molar-refractivity contribution in [2.75, 3.05) is 11.9 Å². The molecule has 1 aromatic rings. The van der Waals surface area contributed by atoms with Crippen LogP contribution in [0.1, 0.15) is 63.1 Å². The van der Waals surface area contributed by atoms with Gasteiger partial charge in [0.05, 0.1) is 0 Å². The van der Waals surface area contributed by atoms with Gasteiger partial charge >= 0.3 is 0 Å². The number of nitrogens with one attached hydrogen (secondary N) is 1. The van der Waals surface area contributed by atoms with Gasteiger partial charge < -0.3 is 5.32 Å². The third-order valence-electron chi connectivity index (χ3n) is 5.11. The van der Waals surface area contributed by atoms with E-state index in [0.29, 0.717) is 0 Å². The molecule has 0 aromatic carbocycles. The highest BCUT2D eigenvalue weighted by Crippen LogP contribution is 2.30. The molecule has 0 unspecified atom stereocenters. The van der Waals surface area contributed by atoms with E-state index in [1.807, 2.05) is 0 Å². The molecule has 3 heteroatoms. The topological polar surface area (TPSA) is 37.8 Å². The lowest BCUT2D eigenvalue weighted by Gasteiger charge is -2.26. The van der Waals surface area contributed by atoms with Gasteiger partial charge in [-0.1, -0.05) is 32.6 Å². The van der Waals surface area contributed by atoms with Crippen LogP contribution in [0.3, 0.4) is 0 Å². The van der Waals surface area contributed by atoms with Crippen molar-refractivity contribution in [3.63, 3.8) is 0 Å². The van der Waals surface area contributed by atoms with Crippen LogP contribution in [0.15, 0.2) is 6.33 Å². The number of hydrogen-bond acceptors (Lipinski definition) is 3. The Morgan fingerprint density at radius 1 is 1.10 bits per heavy atom. The molecule has 20 heavy (non-hydrogen) atoms. The molecule has 1 saturated carbocycles. The highest BCUT2D eigenvalue weighted by Gasteiger charge is 2.19. The molecule has 0 spiro atoms. The average Bonchev–Trinajstić information content (AvgIpc) is 2.49. The fourth-order valence-electron chi connectivity index (χ4n) is 3.69. The fraction of sp³-hybridized carbons (Fsp3) is 0.765. The zero-order valence-corrected chi connectivity index (χ0v) is 12.7. The molecule has 1 fully saturated rings. The summed E-state index contributed by atoms with van der Waals surface area (Å²) in [5.74, 6) is 2.99. The van der Waals surface area contributed by atoms with Gasteiger partial charge in [0.15, 0.2) is 0 Å². The quantitative estimate of drug-likeness (QED) is 0.901. The number of anilines is 1. The minimum absolute atomic E-state index is 0.927. The van der Waals surface area contributed by atoms with Gasteiger partial charge in [-0.3, -0.25) is 0 Å². The second kappa shape index (κ2) is 6.55. The highest BCUT2D eigenvalue weighted by molar-refractivity contribution is 5.46. The molecular formula is C17H27N3. The first kappa shape index (κ1) is 13.8. The summed E-state index contributed by atoms with van der Waals surface area (Å²) >= 11 is 0. The summed E-state index contributed by atoms with van der Waals surface area (Å²) in [4.78, 5) is 8.90. The Balaban J connectivity index is 1.51. The molecule has 1 aromatic heterocycles. The minimum atomic E-state index is 0.927. The Kier molecular flexibility index (Phi) is 4.54. The minimum Gasteiger partial charge on any atom is -0.370 e. The molecule has 2 aliphatic rings. The van der Waals surface area contributed by atoms with Gasteiger partial charge in [-0.15, -0.1) is 0 Å². The molecule has 0 radical (unpaired) electrons. The van der Waals surface area contributed by atoms with Crippen molar-refractivity contribution >= 4 is 5.82 Å².